The first-order chi connectivity index (χ1) is 14.7. The number of fused-ring (bicyclic) bond motifs is 1. The lowest BCUT2D eigenvalue weighted by molar-refractivity contribution is -0.134. The van der Waals surface area contributed by atoms with E-state index in [4.69, 9.17) is 4.74 Å². The second-order valence-corrected chi connectivity index (χ2v) is 9.37. The molecule has 30 heavy (non-hydrogen) atoms. The number of pyridine rings is 1. The minimum Gasteiger partial charge on any atom is -0.381 e. The summed E-state index contributed by atoms with van der Waals surface area (Å²) in [5.41, 5.74) is 2.75. The van der Waals surface area contributed by atoms with Crippen molar-refractivity contribution in [3.05, 3.63) is 66.0 Å². The zero-order valence-corrected chi connectivity index (χ0v) is 17.6. The number of amides is 1. The van der Waals surface area contributed by atoms with Gasteiger partial charge in [-0.15, -0.1) is 0 Å². The lowest BCUT2D eigenvalue weighted by Crippen LogP contribution is -2.51. The normalized spacial score (nSPS) is 25.9. The highest BCUT2D eigenvalue weighted by Crippen LogP contribution is 2.57. The molecule has 2 spiro atoms. The van der Waals surface area contributed by atoms with Crippen molar-refractivity contribution in [2.45, 2.75) is 32.2 Å². The molecule has 0 radical (unpaired) electrons. The Kier molecular flexibility index (Phi) is 5.34. The molecular formula is C25H31N3O2. The third kappa shape index (κ3) is 3.65. The summed E-state index contributed by atoms with van der Waals surface area (Å²) in [4.78, 5) is 21.9. The van der Waals surface area contributed by atoms with Gasteiger partial charge in [-0.25, -0.2) is 0 Å². The largest absolute Gasteiger partial charge is 0.381 e. The molecule has 3 aliphatic rings. The topological polar surface area (TPSA) is 45.7 Å². The predicted molar refractivity (Wildman–Crippen MR) is 116 cm³/mol. The summed E-state index contributed by atoms with van der Waals surface area (Å²) in [5, 5.41) is 0. The van der Waals surface area contributed by atoms with Crippen LogP contribution in [0.3, 0.4) is 0 Å². The lowest BCUT2D eigenvalue weighted by atomic mass is 9.60. The van der Waals surface area contributed by atoms with Gasteiger partial charge in [-0.2, -0.15) is 0 Å². The van der Waals surface area contributed by atoms with Crippen molar-refractivity contribution in [1.82, 2.24) is 14.8 Å². The molecule has 0 N–H and O–H groups in total. The maximum absolute atomic E-state index is 12.8. The summed E-state index contributed by atoms with van der Waals surface area (Å²) in [7, 11) is 0. The third-order valence-corrected chi connectivity index (χ3v) is 7.66. The van der Waals surface area contributed by atoms with Gasteiger partial charge in [0.1, 0.15) is 0 Å². The van der Waals surface area contributed by atoms with E-state index in [9.17, 15) is 4.79 Å². The number of carbonyl (C=O) groups is 1. The number of likely N-dealkylation sites (tertiary alicyclic amines) is 2. The number of carbonyl (C=O) groups excluding carboxylic acids is 1. The van der Waals surface area contributed by atoms with Crippen LogP contribution < -0.4 is 0 Å². The van der Waals surface area contributed by atoms with Gasteiger partial charge in [-0.3, -0.25) is 14.7 Å². The molecule has 5 nitrogen and oxygen atoms in total. The van der Waals surface area contributed by atoms with E-state index in [-0.39, 0.29) is 16.7 Å². The molecule has 5 rings (SSSR count). The zero-order chi connectivity index (χ0) is 20.4. The van der Waals surface area contributed by atoms with E-state index >= 15 is 0 Å². The number of hydrogen-bond acceptors (Lipinski definition) is 4. The molecule has 5 heteroatoms. The van der Waals surface area contributed by atoms with Crippen LogP contribution in [0, 0.1) is 10.8 Å². The van der Waals surface area contributed by atoms with Gasteiger partial charge in [0.05, 0.1) is 13.0 Å². The van der Waals surface area contributed by atoms with E-state index in [1.807, 2.05) is 18.2 Å². The van der Waals surface area contributed by atoms with Crippen LogP contribution in [0.2, 0.25) is 0 Å². The van der Waals surface area contributed by atoms with Crippen molar-refractivity contribution >= 4 is 5.91 Å². The molecule has 3 fully saturated rings. The standard InChI is InChI=1S/C25H31N3O2/c29-23(16-22-8-4-5-12-26-22)28-13-9-24(10-14-28)18-27(17-21-6-2-1-3-7-21)19-25(24)11-15-30-20-25/h1-8,12H,9-11,13-20H2/t25-/m1/s1. The second kappa shape index (κ2) is 8.12. The van der Waals surface area contributed by atoms with Crippen LogP contribution in [0.1, 0.15) is 30.5 Å². The van der Waals surface area contributed by atoms with Crippen molar-refractivity contribution < 1.29 is 9.53 Å². The Balaban J connectivity index is 1.27. The van der Waals surface area contributed by atoms with Crippen LogP contribution >= 0.6 is 0 Å². The van der Waals surface area contributed by atoms with Gasteiger partial charge in [0.2, 0.25) is 5.91 Å². The minimum atomic E-state index is 0.208. The molecule has 1 aromatic heterocycles. The molecule has 1 aromatic carbocycles. The third-order valence-electron chi connectivity index (χ3n) is 7.66. The van der Waals surface area contributed by atoms with Gasteiger partial charge in [-0.1, -0.05) is 36.4 Å². The first-order valence-electron chi connectivity index (χ1n) is 11.2. The van der Waals surface area contributed by atoms with E-state index < -0.39 is 0 Å². The quantitative estimate of drug-likeness (QED) is 0.784. The van der Waals surface area contributed by atoms with E-state index in [1.54, 1.807) is 6.20 Å². The van der Waals surface area contributed by atoms with Crippen LogP contribution in [0.25, 0.3) is 0 Å². The molecular weight excluding hydrogens is 374 g/mol. The van der Waals surface area contributed by atoms with Crippen molar-refractivity contribution in [2.75, 3.05) is 39.4 Å². The van der Waals surface area contributed by atoms with E-state index in [0.29, 0.717) is 6.42 Å². The summed E-state index contributed by atoms with van der Waals surface area (Å²) < 4.78 is 5.95. The monoisotopic (exact) mass is 405 g/mol. The number of nitrogens with zero attached hydrogens (tertiary/aromatic N) is 3. The second-order valence-electron chi connectivity index (χ2n) is 9.37. The Morgan fingerprint density at radius 3 is 2.43 bits per heavy atom. The van der Waals surface area contributed by atoms with Crippen LogP contribution in [0.5, 0.6) is 0 Å². The molecule has 0 saturated carbocycles. The average Bonchev–Trinajstić information content (AvgIpc) is 3.36. The molecule has 158 valence electrons. The average molecular weight is 406 g/mol. The van der Waals surface area contributed by atoms with Crippen LogP contribution in [-0.2, 0) is 22.5 Å². The highest BCUT2D eigenvalue weighted by Gasteiger charge is 2.59. The Bertz CT molecular complexity index is 856. The molecule has 0 unspecified atom stereocenters. The SMILES string of the molecule is O=C(Cc1ccccn1)N1CCC2(CC1)CN(Cc1ccccc1)C[C@@]21CCOC1. The van der Waals surface area contributed by atoms with Gasteiger partial charge in [0.25, 0.3) is 0 Å². The Hall–Kier alpha value is -2.24. The summed E-state index contributed by atoms with van der Waals surface area (Å²) in [6.07, 6.45) is 5.48. The fraction of sp³-hybridized carbons (Fsp3) is 0.520. The van der Waals surface area contributed by atoms with E-state index in [1.165, 1.54) is 5.56 Å². The Morgan fingerprint density at radius 2 is 1.73 bits per heavy atom. The molecule has 2 aromatic rings. The number of ether oxygens (including phenoxy) is 1. The molecule has 4 heterocycles. The number of aromatic nitrogens is 1. The van der Waals surface area contributed by atoms with Crippen LogP contribution in [0.4, 0.5) is 0 Å². The molecule has 3 aliphatic heterocycles. The maximum atomic E-state index is 12.8. The van der Waals surface area contributed by atoms with Gasteiger partial charge >= 0.3 is 0 Å². The van der Waals surface area contributed by atoms with Gasteiger partial charge in [-0.05, 0) is 42.4 Å². The zero-order valence-electron chi connectivity index (χ0n) is 17.6. The fourth-order valence-corrected chi connectivity index (χ4v) is 5.99. The number of piperidine rings is 1. The van der Waals surface area contributed by atoms with Gasteiger partial charge in [0, 0.05) is 56.6 Å². The molecule has 0 bridgehead atoms. The maximum Gasteiger partial charge on any atom is 0.228 e. The highest BCUT2D eigenvalue weighted by atomic mass is 16.5. The van der Waals surface area contributed by atoms with E-state index in [0.717, 1.165) is 70.9 Å². The van der Waals surface area contributed by atoms with Gasteiger partial charge < -0.3 is 9.64 Å². The minimum absolute atomic E-state index is 0.208. The summed E-state index contributed by atoms with van der Waals surface area (Å²) in [5.74, 6) is 0.208. The first-order valence-corrected chi connectivity index (χ1v) is 11.2. The summed E-state index contributed by atoms with van der Waals surface area (Å²) in [6, 6.07) is 16.6. The first kappa shape index (κ1) is 19.7. The van der Waals surface area contributed by atoms with Crippen molar-refractivity contribution in [3.8, 4) is 0 Å². The Morgan fingerprint density at radius 1 is 0.967 bits per heavy atom. The highest BCUT2D eigenvalue weighted by molar-refractivity contribution is 5.78. The summed E-state index contributed by atoms with van der Waals surface area (Å²) >= 11 is 0. The predicted octanol–water partition coefficient (Wildman–Crippen LogP) is 3.16. The van der Waals surface area contributed by atoms with E-state index in [2.05, 4.69) is 45.1 Å². The van der Waals surface area contributed by atoms with Crippen molar-refractivity contribution in [2.24, 2.45) is 10.8 Å². The van der Waals surface area contributed by atoms with Crippen molar-refractivity contribution in [3.63, 3.8) is 0 Å². The smallest absolute Gasteiger partial charge is 0.228 e. The molecule has 3 saturated heterocycles. The van der Waals surface area contributed by atoms with Crippen LogP contribution in [0.15, 0.2) is 54.7 Å². The fourth-order valence-electron chi connectivity index (χ4n) is 5.99. The summed E-state index contributed by atoms with van der Waals surface area (Å²) in [6.45, 7) is 6.70. The lowest BCUT2D eigenvalue weighted by Gasteiger charge is -2.47. The number of benzene rings is 1. The molecule has 1 amide bonds. The number of rotatable bonds is 4. The van der Waals surface area contributed by atoms with Crippen LogP contribution in [-0.4, -0.2) is 60.1 Å². The van der Waals surface area contributed by atoms with Crippen molar-refractivity contribution in [1.29, 1.82) is 0 Å². The molecule has 1 atom stereocenters. The number of hydrogen-bond donors (Lipinski definition) is 0. The Labute approximate surface area is 179 Å². The molecule has 0 aliphatic carbocycles. The van der Waals surface area contributed by atoms with Gasteiger partial charge in [0.15, 0.2) is 0 Å².